The largest absolute Gasteiger partial charge is 0.481 e. The van der Waals surface area contributed by atoms with Crippen LogP contribution in [0.4, 0.5) is 0 Å². The third-order valence-corrected chi connectivity index (χ3v) is 4.11. The summed E-state index contributed by atoms with van der Waals surface area (Å²) in [6.07, 6.45) is 1.88. The molecule has 0 heterocycles. The van der Waals surface area contributed by atoms with Gasteiger partial charge in [0.1, 0.15) is 0 Å². The molecule has 4 nitrogen and oxygen atoms in total. The van der Waals surface area contributed by atoms with Gasteiger partial charge in [0, 0.05) is 11.1 Å². The number of rotatable bonds is 4. The minimum absolute atomic E-state index is 0.0368. The third-order valence-electron chi connectivity index (χ3n) is 3.87. The first-order chi connectivity index (χ1) is 9.47. The Kier molecular flexibility index (Phi) is 4.65. The average molecular weight is 296 g/mol. The second-order valence-electron chi connectivity index (χ2n) is 5.33. The van der Waals surface area contributed by atoms with Gasteiger partial charge in [0.15, 0.2) is 0 Å². The molecule has 0 aromatic heterocycles. The summed E-state index contributed by atoms with van der Waals surface area (Å²) in [6.45, 7) is 1.82. The second kappa shape index (κ2) is 6.27. The maximum atomic E-state index is 12.2. The number of amides is 1. The number of hydrogen-bond donors (Lipinski definition) is 2. The van der Waals surface area contributed by atoms with Gasteiger partial charge in [0.2, 0.25) is 5.91 Å². The quantitative estimate of drug-likeness (QED) is 0.897. The molecule has 1 saturated carbocycles. The third kappa shape index (κ3) is 3.51. The van der Waals surface area contributed by atoms with Crippen molar-refractivity contribution in [1.29, 1.82) is 0 Å². The summed E-state index contributed by atoms with van der Waals surface area (Å²) in [5.74, 6) is -1.48. The highest BCUT2D eigenvalue weighted by atomic mass is 35.5. The van der Waals surface area contributed by atoms with Gasteiger partial charge in [-0.05, 0) is 43.9 Å². The van der Waals surface area contributed by atoms with E-state index in [1.54, 1.807) is 12.1 Å². The first-order valence-corrected chi connectivity index (χ1v) is 7.14. The Labute approximate surface area is 123 Å². The number of hydrogen-bond acceptors (Lipinski definition) is 2. The average Bonchev–Trinajstić information content (AvgIpc) is 2.86. The van der Waals surface area contributed by atoms with E-state index in [1.807, 2.05) is 19.1 Å². The standard InChI is InChI=1S/C15H18ClNO3/c1-9(10-3-2-4-12(16)7-10)14(18)17-13-6-5-11(8-13)15(19)20/h2-4,7,9,11,13H,5-6,8H2,1H3,(H,17,18)(H,19,20)/t9?,11-,13+/m1/s1. The Hall–Kier alpha value is -1.55. The minimum atomic E-state index is -0.773. The van der Waals surface area contributed by atoms with E-state index in [9.17, 15) is 9.59 Å². The van der Waals surface area contributed by atoms with E-state index in [2.05, 4.69) is 5.32 Å². The maximum Gasteiger partial charge on any atom is 0.306 e. The van der Waals surface area contributed by atoms with E-state index in [1.165, 1.54) is 0 Å². The molecule has 1 aromatic carbocycles. The molecule has 0 saturated heterocycles. The van der Waals surface area contributed by atoms with Gasteiger partial charge in [-0.3, -0.25) is 9.59 Å². The molecule has 2 rings (SSSR count). The molecule has 5 heteroatoms. The number of benzene rings is 1. The van der Waals surface area contributed by atoms with E-state index in [4.69, 9.17) is 16.7 Å². The SMILES string of the molecule is CC(C(=O)N[C@H]1CC[C@@H](C(=O)O)C1)c1cccc(Cl)c1. The van der Waals surface area contributed by atoms with E-state index in [0.717, 1.165) is 12.0 Å². The van der Waals surface area contributed by atoms with Crippen LogP contribution >= 0.6 is 11.6 Å². The van der Waals surface area contributed by atoms with Gasteiger partial charge >= 0.3 is 5.97 Å². The Bertz CT molecular complexity index is 518. The second-order valence-corrected chi connectivity index (χ2v) is 5.77. The Balaban J connectivity index is 1.94. The van der Waals surface area contributed by atoms with Gasteiger partial charge in [0.25, 0.3) is 0 Å². The first kappa shape index (κ1) is 14.9. The van der Waals surface area contributed by atoms with Crippen LogP contribution < -0.4 is 5.32 Å². The number of halogens is 1. The van der Waals surface area contributed by atoms with Crippen molar-refractivity contribution in [2.24, 2.45) is 5.92 Å². The van der Waals surface area contributed by atoms with Gasteiger partial charge < -0.3 is 10.4 Å². The number of carboxylic acid groups (broad SMARTS) is 1. The number of carboxylic acids is 1. The molecule has 1 amide bonds. The van der Waals surface area contributed by atoms with Crippen molar-refractivity contribution >= 4 is 23.5 Å². The first-order valence-electron chi connectivity index (χ1n) is 6.76. The van der Waals surface area contributed by atoms with Crippen LogP contribution in [0.15, 0.2) is 24.3 Å². The van der Waals surface area contributed by atoms with Gasteiger partial charge in [-0.2, -0.15) is 0 Å². The lowest BCUT2D eigenvalue weighted by Crippen LogP contribution is -2.36. The zero-order valence-electron chi connectivity index (χ0n) is 11.3. The lowest BCUT2D eigenvalue weighted by atomic mass is 10.00. The monoisotopic (exact) mass is 295 g/mol. The molecule has 20 heavy (non-hydrogen) atoms. The Morgan fingerprint density at radius 3 is 2.75 bits per heavy atom. The molecule has 1 aromatic rings. The Morgan fingerprint density at radius 2 is 2.15 bits per heavy atom. The van der Waals surface area contributed by atoms with Crippen molar-refractivity contribution in [3.63, 3.8) is 0 Å². The Morgan fingerprint density at radius 1 is 1.40 bits per heavy atom. The summed E-state index contributed by atoms with van der Waals surface area (Å²) in [6, 6.07) is 7.19. The molecule has 1 unspecified atom stereocenters. The summed E-state index contributed by atoms with van der Waals surface area (Å²) in [5.41, 5.74) is 0.864. The highest BCUT2D eigenvalue weighted by Gasteiger charge is 2.31. The predicted molar refractivity (Wildman–Crippen MR) is 76.8 cm³/mol. The van der Waals surface area contributed by atoms with Crippen LogP contribution in [-0.4, -0.2) is 23.0 Å². The van der Waals surface area contributed by atoms with Crippen molar-refractivity contribution in [2.45, 2.75) is 38.1 Å². The van der Waals surface area contributed by atoms with Gasteiger partial charge in [-0.1, -0.05) is 23.7 Å². The summed E-state index contributed by atoms with van der Waals surface area (Å²) in [4.78, 5) is 23.1. The molecule has 0 bridgehead atoms. The van der Waals surface area contributed by atoms with Crippen LogP contribution in [0.2, 0.25) is 5.02 Å². The van der Waals surface area contributed by atoms with Gasteiger partial charge in [-0.25, -0.2) is 0 Å². The summed E-state index contributed by atoms with van der Waals surface area (Å²) >= 11 is 5.92. The van der Waals surface area contributed by atoms with Gasteiger partial charge in [-0.15, -0.1) is 0 Å². The number of carbonyl (C=O) groups is 2. The highest BCUT2D eigenvalue weighted by Crippen LogP contribution is 2.27. The maximum absolute atomic E-state index is 12.2. The fraction of sp³-hybridized carbons (Fsp3) is 0.467. The summed E-state index contributed by atoms with van der Waals surface area (Å²) in [7, 11) is 0. The molecule has 1 fully saturated rings. The molecule has 108 valence electrons. The number of aliphatic carboxylic acids is 1. The lowest BCUT2D eigenvalue weighted by molar-refractivity contribution is -0.141. The molecular weight excluding hydrogens is 278 g/mol. The molecule has 0 radical (unpaired) electrons. The zero-order valence-corrected chi connectivity index (χ0v) is 12.1. The van der Waals surface area contributed by atoms with Crippen LogP contribution in [-0.2, 0) is 9.59 Å². The fourth-order valence-corrected chi connectivity index (χ4v) is 2.79. The highest BCUT2D eigenvalue weighted by molar-refractivity contribution is 6.30. The lowest BCUT2D eigenvalue weighted by Gasteiger charge is -2.17. The van der Waals surface area contributed by atoms with Crippen LogP contribution in [0.3, 0.4) is 0 Å². The van der Waals surface area contributed by atoms with Crippen molar-refractivity contribution in [1.82, 2.24) is 5.32 Å². The molecule has 3 atom stereocenters. The topological polar surface area (TPSA) is 66.4 Å². The number of nitrogens with one attached hydrogen (secondary N) is 1. The molecule has 0 aliphatic heterocycles. The summed E-state index contributed by atoms with van der Waals surface area (Å²) < 4.78 is 0. The van der Waals surface area contributed by atoms with Crippen molar-refractivity contribution in [3.8, 4) is 0 Å². The molecular formula is C15H18ClNO3. The normalized spacial score (nSPS) is 23.3. The fourth-order valence-electron chi connectivity index (χ4n) is 2.59. The van der Waals surface area contributed by atoms with E-state index < -0.39 is 5.97 Å². The smallest absolute Gasteiger partial charge is 0.306 e. The predicted octanol–water partition coefficient (Wildman–Crippen LogP) is 2.81. The molecule has 2 N–H and O–H groups in total. The van der Waals surface area contributed by atoms with Gasteiger partial charge in [0.05, 0.1) is 11.8 Å². The van der Waals surface area contributed by atoms with Crippen LogP contribution in [0.1, 0.15) is 37.7 Å². The van der Waals surface area contributed by atoms with Crippen molar-refractivity contribution in [2.75, 3.05) is 0 Å². The van der Waals surface area contributed by atoms with Crippen LogP contribution in [0, 0.1) is 5.92 Å². The van der Waals surface area contributed by atoms with Crippen LogP contribution in [0.25, 0.3) is 0 Å². The van der Waals surface area contributed by atoms with E-state index in [-0.39, 0.29) is 23.8 Å². The van der Waals surface area contributed by atoms with Crippen molar-refractivity contribution < 1.29 is 14.7 Å². The van der Waals surface area contributed by atoms with Crippen molar-refractivity contribution in [3.05, 3.63) is 34.9 Å². The molecule has 1 aliphatic carbocycles. The van der Waals surface area contributed by atoms with Crippen LogP contribution in [0.5, 0.6) is 0 Å². The van der Waals surface area contributed by atoms with E-state index in [0.29, 0.717) is 17.9 Å². The van der Waals surface area contributed by atoms with E-state index >= 15 is 0 Å². The number of carbonyl (C=O) groups excluding carboxylic acids is 1. The zero-order chi connectivity index (χ0) is 14.7. The molecule has 0 spiro atoms. The molecule has 1 aliphatic rings. The summed E-state index contributed by atoms with van der Waals surface area (Å²) in [5, 5.41) is 12.5. The minimum Gasteiger partial charge on any atom is -0.481 e.